The van der Waals surface area contributed by atoms with Crippen molar-refractivity contribution in [2.75, 3.05) is 20.2 Å². The third-order valence-electron chi connectivity index (χ3n) is 3.63. The van der Waals surface area contributed by atoms with E-state index < -0.39 is 6.10 Å². The normalized spacial score (nSPS) is 18.8. The van der Waals surface area contributed by atoms with Crippen LogP contribution in [-0.4, -0.2) is 36.5 Å². The van der Waals surface area contributed by atoms with Crippen molar-refractivity contribution in [1.82, 2.24) is 4.90 Å². The van der Waals surface area contributed by atoms with Crippen LogP contribution >= 0.6 is 0 Å². The zero-order valence-electron chi connectivity index (χ0n) is 11.6. The van der Waals surface area contributed by atoms with E-state index in [4.69, 9.17) is 10.5 Å². The van der Waals surface area contributed by atoms with Crippen molar-refractivity contribution in [1.29, 1.82) is 0 Å². The maximum Gasteiger partial charge on any atom is 0.256 e. The minimum Gasteiger partial charge on any atom is -0.367 e. The first kappa shape index (κ1) is 14.0. The molecule has 0 saturated carbocycles. The Bertz CT molecular complexity index is 427. The van der Waals surface area contributed by atoms with E-state index in [2.05, 4.69) is 6.92 Å². The maximum absolute atomic E-state index is 12.4. The van der Waals surface area contributed by atoms with Gasteiger partial charge in [-0.15, -0.1) is 0 Å². The molecule has 2 rings (SSSR count). The van der Waals surface area contributed by atoms with E-state index in [-0.39, 0.29) is 11.4 Å². The number of methoxy groups -OCH3 is 1. The van der Waals surface area contributed by atoms with E-state index in [0.29, 0.717) is 13.1 Å². The second-order valence-corrected chi connectivity index (χ2v) is 5.33. The molecule has 4 heteroatoms. The number of ether oxygens (including phenoxy) is 1. The predicted octanol–water partition coefficient (Wildman–Crippen LogP) is 1.71. The third-order valence-corrected chi connectivity index (χ3v) is 3.63. The van der Waals surface area contributed by atoms with Crippen LogP contribution in [0, 0.1) is 0 Å². The summed E-state index contributed by atoms with van der Waals surface area (Å²) in [6, 6.07) is 9.57. The van der Waals surface area contributed by atoms with Crippen molar-refractivity contribution in [3.05, 3.63) is 35.9 Å². The highest BCUT2D eigenvalue weighted by Crippen LogP contribution is 2.28. The highest BCUT2D eigenvalue weighted by molar-refractivity contribution is 5.83. The molecule has 1 atom stereocenters. The Morgan fingerprint density at radius 2 is 2.05 bits per heavy atom. The van der Waals surface area contributed by atoms with Crippen LogP contribution in [0.2, 0.25) is 0 Å². The summed E-state index contributed by atoms with van der Waals surface area (Å²) in [6.07, 6.45) is 1.48. The Balaban J connectivity index is 2.00. The Hall–Kier alpha value is -1.39. The fraction of sp³-hybridized carbons (Fsp3) is 0.533. The van der Waals surface area contributed by atoms with Crippen molar-refractivity contribution in [2.45, 2.75) is 31.4 Å². The van der Waals surface area contributed by atoms with Crippen LogP contribution in [0.5, 0.6) is 0 Å². The Morgan fingerprint density at radius 1 is 1.42 bits per heavy atom. The van der Waals surface area contributed by atoms with Gasteiger partial charge < -0.3 is 15.4 Å². The lowest BCUT2D eigenvalue weighted by Gasteiger charge is -2.48. The first-order valence-corrected chi connectivity index (χ1v) is 6.75. The second-order valence-electron chi connectivity index (χ2n) is 5.33. The Morgan fingerprint density at radius 3 is 2.58 bits per heavy atom. The molecular weight excluding hydrogens is 240 g/mol. The van der Waals surface area contributed by atoms with Crippen LogP contribution in [0.3, 0.4) is 0 Å². The van der Waals surface area contributed by atoms with E-state index in [1.807, 2.05) is 30.3 Å². The van der Waals surface area contributed by atoms with Gasteiger partial charge in [0.1, 0.15) is 0 Å². The molecule has 1 amide bonds. The van der Waals surface area contributed by atoms with Crippen molar-refractivity contribution < 1.29 is 9.53 Å². The summed E-state index contributed by atoms with van der Waals surface area (Å²) in [5.74, 6) is 0.00544. The molecule has 1 aliphatic heterocycles. The Labute approximate surface area is 114 Å². The van der Waals surface area contributed by atoms with Gasteiger partial charge in [0.2, 0.25) is 0 Å². The zero-order valence-corrected chi connectivity index (χ0v) is 11.6. The number of amides is 1. The van der Waals surface area contributed by atoms with E-state index >= 15 is 0 Å². The number of hydrogen-bond donors (Lipinski definition) is 1. The lowest BCUT2D eigenvalue weighted by atomic mass is 9.86. The molecule has 0 radical (unpaired) electrons. The molecule has 1 aliphatic rings. The summed E-state index contributed by atoms with van der Waals surface area (Å²) in [5.41, 5.74) is 6.88. The number of nitrogens with two attached hydrogens (primary N) is 1. The Kier molecular flexibility index (Phi) is 4.22. The fourth-order valence-electron chi connectivity index (χ4n) is 2.70. The molecule has 4 nitrogen and oxygen atoms in total. The molecule has 1 fully saturated rings. The van der Waals surface area contributed by atoms with E-state index in [1.54, 1.807) is 12.0 Å². The number of benzene rings is 1. The van der Waals surface area contributed by atoms with Crippen molar-refractivity contribution in [3.8, 4) is 0 Å². The van der Waals surface area contributed by atoms with Crippen molar-refractivity contribution >= 4 is 5.91 Å². The molecule has 0 bridgehead atoms. The van der Waals surface area contributed by atoms with Gasteiger partial charge in [0.05, 0.1) is 5.54 Å². The standard InChI is InChI=1S/C15H22N2O2/c1-3-9-15(16)10-17(11-15)14(18)13(19-2)12-7-5-4-6-8-12/h4-8,13H,3,9-11,16H2,1-2H3. The second kappa shape index (κ2) is 5.72. The summed E-state index contributed by atoms with van der Waals surface area (Å²) in [6.45, 7) is 3.37. The van der Waals surface area contributed by atoms with Gasteiger partial charge in [0.25, 0.3) is 5.91 Å². The summed E-state index contributed by atoms with van der Waals surface area (Å²) in [7, 11) is 1.57. The van der Waals surface area contributed by atoms with Gasteiger partial charge in [-0.3, -0.25) is 4.79 Å². The largest absolute Gasteiger partial charge is 0.367 e. The highest BCUT2D eigenvalue weighted by Gasteiger charge is 2.43. The lowest BCUT2D eigenvalue weighted by molar-refractivity contribution is -0.150. The van der Waals surface area contributed by atoms with Crippen molar-refractivity contribution in [2.24, 2.45) is 5.73 Å². The van der Waals surface area contributed by atoms with Crippen LogP contribution in [0.4, 0.5) is 0 Å². The van der Waals surface area contributed by atoms with Gasteiger partial charge in [-0.25, -0.2) is 0 Å². The first-order valence-electron chi connectivity index (χ1n) is 6.75. The molecule has 0 spiro atoms. The van der Waals surface area contributed by atoms with Crippen LogP contribution in [0.1, 0.15) is 31.4 Å². The van der Waals surface area contributed by atoms with Crippen LogP contribution in [-0.2, 0) is 9.53 Å². The summed E-state index contributed by atoms with van der Waals surface area (Å²) in [5, 5.41) is 0. The van der Waals surface area contributed by atoms with Gasteiger partial charge in [0.15, 0.2) is 6.10 Å². The smallest absolute Gasteiger partial charge is 0.256 e. The molecule has 1 aromatic carbocycles. The molecule has 104 valence electrons. The SMILES string of the molecule is CCCC1(N)CN(C(=O)C(OC)c2ccccc2)C1. The minimum absolute atomic E-state index is 0.00544. The molecular formula is C15H22N2O2. The predicted molar refractivity (Wildman–Crippen MR) is 74.6 cm³/mol. The van der Waals surface area contributed by atoms with Crippen molar-refractivity contribution in [3.63, 3.8) is 0 Å². The van der Waals surface area contributed by atoms with Gasteiger partial charge >= 0.3 is 0 Å². The number of carbonyl (C=O) groups is 1. The third kappa shape index (κ3) is 2.96. The van der Waals surface area contributed by atoms with Gasteiger partial charge in [-0.05, 0) is 12.0 Å². The fourth-order valence-corrected chi connectivity index (χ4v) is 2.70. The summed E-state index contributed by atoms with van der Waals surface area (Å²) >= 11 is 0. The minimum atomic E-state index is -0.521. The van der Waals surface area contributed by atoms with Crippen LogP contribution in [0.25, 0.3) is 0 Å². The zero-order chi connectivity index (χ0) is 13.9. The number of likely N-dealkylation sites (tertiary alicyclic amines) is 1. The molecule has 19 heavy (non-hydrogen) atoms. The average molecular weight is 262 g/mol. The van der Waals surface area contributed by atoms with Gasteiger partial charge in [0, 0.05) is 20.2 Å². The number of hydrogen-bond acceptors (Lipinski definition) is 3. The van der Waals surface area contributed by atoms with Crippen LogP contribution < -0.4 is 5.73 Å². The molecule has 1 unspecified atom stereocenters. The number of nitrogens with zero attached hydrogens (tertiary/aromatic N) is 1. The summed E-state index contributed by atoms with van der Waals surface area (Å²) < 4.78 is 5.35. The topological polar surface area (TPSA) is 55.6 Å². The molecule has 1 saturated heterocycles. The van der Waals surface area contributed by atoms with E-state index in [1.165, 1.54) is 0 Å². The highest BCUT2D eigenvalue weighted by atomic mass is 16.5. The molecule has 1 heterocycles. The average Bonchev–Trinajstić information content (AvgIpc) is 2.38. The molecule has 1 aromatic rings. The van der Waals surface area contributed by atoms with E-state index in [0.717, 1.165) is 18.4 Å². The maximum atomic E-state index is 12.4. The first-order chi connectivity index (χ1) is 9.09. The van der Waals surface area contributed by atoms with Gasteiger partial charge in [-0.2, -0.15) is 0 Å². The molecule has 2 N–H and O–H groups in total. The number of carbonyl (C=O) groups excluding carboxylic acids is 1. The number of rotatable bonds is 5. The lowest BCUT2D eigenvalue weighted by Crippen LogP contribution is -2.69. The quantitative estimate of drug-likeness (QED) is 0.879. The molecule has 0 aliphatic carbocycles. The van der Waals surface area contributed by atoms with Crippen LogP contribution in [0.15, 0.2) is 30.3 Å². The van der Waals surface area contributed by atoms with E-state index in [9.17, 15) is 4.79 Å². The summed E-state index contributed by atoms with van der Waals surface area (Å²) in [4.78, 5) is 14.2. The monoisotopic (exact) mass is 262 g/mol. The molecule has 0 aromatic heterocycles. The van der Waals surface area contributed by atoms with Gasteiger partial charge in [-0.1, -0.05) is 43.7 Å².